The van der Waals surface area contributed by atoms with Gasteiger partial charge in [0.25, 0.3) is 0 Å². The number of anilines is 1. The number of methoxy groups -OCH3 is 1. The van der Waals surface area contributed by atoms with Gasteiger partial charge in [0.05, 0.1) is 7.11 Å². The van der Waals surface area contributed by atoms with Gasteiger partial charge in [-0.05, 0) is 105 Å². The van der Waals surface area contributed by atoms with E-state index >= 15 is 0 Å². The maximum Gasteiger partial charge on any atom is 0.210 e. The number of hydrogen-bond acceptors (Lipinski definition) is 4. The van der Waals surface area contributed by atoms with E-state index in [0.717, 1.165) is 18.7 Å². The van der Waals surface area contributed by atoms with Gasteiger partial charge in [-0.15, -0.1) is 0 Å². The SMILES string of the molecule is CCN1/C(=C\C=N)C(C)(Cc2cccc3c2CCCC3)c2cc(OC)ccc21.N=C(O)c1ccccc1.[Co]. The van der Waals surface area contributed by atoms with E-state index in [-0.39, 0.29) is 28.1 Å². The van der Waals surface area contributed by atoms with E-state index in [9.17, 15) is 0 Å². The molecular formula is C32H37CoN3O2. The molecule has 1 aliphatic heterocycles. The largest absolute Gasteiger partial charge is 0.497 e. The van der Waals surface area contributed by atoms with Gasteiger partial charge in [0.2, 0.25) is 5.90 Å². The molecule has 3 aromatic carbocycles. The Morgan fingerprint density at radius 3 is 2.42 bits per heavy atom. The van der Waals surface area contributed by atoms with Crippen molar-refractivity contribution >= 4 is 17.8 Å². The maximum absolute atomic E-state index is 8.61. The van der Waals surface area contributed by atoms with Crippen LogP contribution in [0, 0.1) is 10.8 Å². The fourth-order valence-electron chi connectivity index (χ4n) is 5.77. The van der Waals surface area contributed by atoms with E-state index in [1.54, 1.807) is 36.9 Å². The second-order valence-corrected chi connectivity index (χ2v) is 9.83. The second kappa shape index (κ2) is 12.9. The van der Waals surface area contributed by atoms with Crippen LogP contribution in [0.3, 0.4) is 0 Å². The van der Waals surface area contributed by atoms with E-state index in [0.29, 0.717) is 5.56 Å². The minimum atomic E-state index is -0.379. The molecule has 0 saturated carbocycles. The summed E-state index contributed by atoms with van der Waals surface area (Å²) in [6.45, 7) is 5.40. The predicted molar refractivity (Wildman–Crippen MR) is 153 cm³/mol. The van der Waals surface area contributed by atoms with Crippen molar-refractivity contribution in [3.63, 3.8) is 0 Å². The molecule has 0 spiro atoms. The molecule has 1 heterocycles. The van der Waals surface area contributed by atoms with Crippen LogP contribution >= 0.6 is 0 Å². The number of benzene rings is 3. The van der Waals surface area contributed by atoms with Gasteiger partial charge >= 0.3 is 0 Å². The Morgan fingerprint density at radius 2 is 1.79 bits per heavy atom. The molecule has 0 amide bonds. The monoisotopic (exact) mass is 554 g/mol. The number of aryl methyl sites for hydroxylation is 1. The van der Waals surface area contributed by atoms with Crippen LogP contribution < -0.4 is 9.64 Å². The fraction of sp³-hybridized carbons (Fsp3) is 0.312. The maximum atomic E-state index is 8.61. The third-order valence-corrected chi connectivity index (χ3v) is 7.59. The summed E-state index contributed by atoms with van der Waals surface area (Å²) < 4.78 is 5.55. The Kier molecular flexibility index (Phi) is 9.94. The van der Waals surface area contributed by atoms with Crippen molar-refractivity contribution in [2.24, 2.45) is 0 Å². The zero-order valence-electron chi connectivity index (χ0n) is 22.4. The van der Waals surface area contributed by atoms with Gasteiger partial charge in [0.15, 0.2) is 0 Å². The molecule has 0 aromatic heterocycles. The molecule has 6 heteroatoms. The molecule has 1 radical (unpaired) electrons. The zero-order valence-corrected chi connectivity index (χ0v) is 23.4. The molecule has 0 fully saturated rings. The van der Waals surface area contributed by atoms with Gasteiger partial charge in [-0.2, -0.15) is 0 Å². The van der Waals surface area contributed by atoms with Crippen molar-refractivity contribution in [3.05, 3.63) is 106 Å². The van der Waals surface area contributed by atoms with Crippen molar-refractivity contribution in [1.82, 2.24) is 0 Å². The van der Waals surface area contributed by atoms with Gasteiger partial charge in [-0.1, -0.05) is 36.4 Å². The summed E-state index contributed by atoms with van der Waals surface area (Å²) in [4.78, 5) is 2.36. The van der Waals surface area contributed by atoms with E-state index in [4.69, 9.17) is 20.7 Å². The number of fused-ring (bicyclic) bond motifs is 2. The van der Waals surface area contributed by atoms with Crippen molar-refractivity contribution in [1.29, 1.82) is 10.8 Å². The van der Waals surface area contributed by atoms with Gasteiger partial charge in [0, 0.05) is 51.9 Å². The minimum absolute atomic E-state index is 0. The molecule has 0 bridgehead atoms. The molecule has 3 aromatic rings. The average molecular weight is 555 g/mol. The Balaban J connectivity index is 0.000000341. The molecule has 0 saturated heterocycles. The van der Waals surface area contributed by atoms with E-state index in [2.05, 4.69) is 49.1 Å². The fourth-order valence-corrected chi connectivity index (χ4v) is 5.77. The zero-order chi connectivity index (χ0) is 26.4. The van der Waals surface area contributed by atoms with E-state index < -0.39 is 0 Å². The summed E-state index contributed by atoms with van der Waals surface area (Å²) in [6, 6.07) is 22.0. The normalized spacial score (nSPS) is 18.4. The molecule has 38 heavy (non-hydrogen) atoms. The van der Waals surface area contributed by atoms with Crippen LogP contribution in [0.2, 0.25) is 0 Å². The summed E-state index contributed by atoms with van der Waals surface area (Å²) in [5.41, 5.74) is 8.68. The van der Waals surface area contributed by atoms with Crippen molar-refractivity contribution in [3.8, 4) is 5.75 Å². The molecule has 201 valence electrons. The van der Waals surface area contributed by atoms with Gasteiger partial charge < -0.3 is 20.2 Å². The van der Waals surface area contributed by atoms with Crippen LogP contribution in [-0.2, 0) is 41.5 Å². The summed E-state index contributed by atoms with van der Waals surface area (Å²) in [6.07, 6.45) is 9.34. The van der Waals surface area contributed by atoms with E-state index in [1.807, 2.05) is 18.2 Å². The van der Waals surface area contributed by atoms with Crippen LogP contribution in [0.5, 0.6) is 5.75 Å². The molecular weight excluding hydrogens is 517 g/mol. The van der Waals surface area contributed by atoms with Crippen molar-refractivity contribution in [2.75, 3.05) is 18.6 Å². The van der Waals surface area contributed by atoms with Crippen molar-refractivity contribution in [2.45, 2.75) is 51.4 Å². The smallest absolute Gasteiger partial charge is 0.210 e. The molecule has 3 N–H and O–H groups in total. The van der Waals surface area contributed by atoms with Crippen LogP contribution in [0.25, 0.3) is 0 Å². The Labute approximate surface area is 236 Å². The topological polar surface area (TPSA) is 80.4 Å². The number of likely N-dealkylation sites (N-methyl/N-ethyl adjacent to an activating group) is 1. The van der Waals surface area contributed by atoms with Crippen LogP contribution in [0.15, 0.2) is 78.5 Å². The number of ether oxygens (including phenoxy) is 1. The second-order valence-electron chi connectivity index (χ2n) is 9.83. The van der Waals surface area contributed by atoms with Crippen molar-refractivity contribution < 1.29 is 26.6 Å². The molecule has 1 atom stereocenters. The van der Waals surface area contributed by atoms with Crippen LogP contribution in [0.4, 0.5) is 5.69 Å². The first-order valence-corrected chi connectivity index (χ1v) is 13.0. The number of rotatable bonds is 6. The summed E-state index contributed by atoms with van der Waals surface area (Å²) in [5.74, 6) is 0.517. The third kappa shape index (κ3) is 5.87. The Hall–Kier alpha value is -3.35. The molecule has 2 aliphatic rings. The number of hydrogen-bond donors (Lipinski definition) is 3. The van der Waals surface area contributed by atoms with E-state index in [1.165, 1.54) is 60.0 Å². The van der Waals surface area contributed by atoms with Gasteiger partial charge in [0.1, 0.15) is 5.75 Å². The standard InChI is InChI=1S/C25H30N2O.C7H7NO.Co/c1-4-27-23-13-12-20(28-3)16-22(23)25(2,24(27)14-15-26)17-19-10-7-9-18-8-5-6-11-21(18)19;8-7(9)6-4-2-1-3-5-6;/h7,9-10,12-16,26H,4-6,8,11,17H2,1-3H3;1-5H,(H2,8,9);/b24-14-,26-15?;;. The number of allylic oxidation sites excluding steroid dienone is 2. The third-order valence-electron chi connectivity index (χ3n) is 7.59. The van der Waals surface area contributed by atoms with Gasteiger partial charge in [-0.3, -0.25) is 5.41 Å². The Bertz CT molecular complexity index is 1310. The average Bonchev–Trinajstić information content (AvgIpc) is 3.16. The Morgan fingerprint density at radius 1 is 1.05 bits per heavy atom. The molecule has 1 unspecified atom stereocenters. The predicted octanol–water partition coefficient (Wildman–Crippen LogP) is 7.02. The summed E-state index contributed by atoms with van der Waals surface area (Å²) >= 11 is 0. The first-order chi connectivity index (χ1) is 17.9. The molecule has 5 nitrogen and oxygen atoms in total. The summed E-state index contributed by atoms with van der Waals surface area (Å²) in [5, 5.41) is 23.2. The quantitative estimate of drug-likeness (QED) is 0.226. The number of aliphatic hydroxyl groups is 1. The molecule has 5 rings (SSSR count). The van der Waals surface area contributed by atoms with Gasteiger partial charge in [-0.25, -0.2) is 0 Å². The number of nitrogens with zero attached hydrogens (tertiary/aromatic N) is 1. The summed E-state index contributed by atoms with van der Waals surface area (Å²) in [7, 11) is 1.73. The number of aliphatic hydroxyl groups excluding tert-OH is 1. The first-order valence-electron chi connectivity index (χ1n) is 13.0. The van der Waals surface area contributed by atoms with Crippen LogP contribution in [-0.4, -0.2) is 30.9 Å². The van der Waals surface area contributed by atoms with Crippen LogP contribution in [0.1, 0.15) is 54.5 Å². The first kappa shape index (κ1) is 29.2. The minimum Gasteiger partial charge on any atom is -0.497 e. The molecule has 1 aliphatic carbocycles. The number of nitrogens with one attached hydrogen (secondary N) is 2.